The monoisotopic (exact) mass is 300 g/mol. The van der Waals surface area contributed by atoms with Gasteiger partial charge < -0.3 is 14.4 Å². The summed E-state index contributed by atoms with van der Waals surface area (Å²) in [5, 5.41) is 1.15. The maximum Gasteiger partial charge on any atom is 0.145 e. The van der Waals surface area contributed by atoms with Crippen molar-refractivity contribution in [3.8, 4) is 5.75 Å². The maximum atomic E-state index is 5.61. The van der Waals surface area contributed by atoms with Crippen LogP contribution in [-0.4, -0.2) is 38.9 Å². The number of ether oxygens (including phenoxy) is 2. The summed E-state index contributed by atoms with van der Waals surface area (Å²) in [6.45, 7) is 4.91. The number of aryl methyl sites for hydroxylation is 1. The van der Waals surface area contributed by atoms with Gasteiger partial charge in [0.2, 0.25) is 0 Å². The average Bonchev–Trinajstić information content (AvgIpc) is 2.54. The van der Waals surface area contributed by atoms with Crippen molar-refractivity contribution in [1.82, 2.24) is 4.98 Å². The van der Waals surface area contributed by atoms with Gasteiger partial charge in [-0.25, -0.2) is 0 Å². The lowest BCUT2D eigenvalue weighted by Crippen LogP contribution is -2.31. The summed E-state index contributed by atoms with van der Waals surface area (Å²) < 4.78 is 11.1. The van der Waals surface area contributed by atoms with Crippen molar-refractivity contribution in [1.29, 1.82) is 0 Å². The summed E-state index contributed by atoms with van der Waals surface area (Å²) in [5.74, 6) is 1.43. The number of pyridine rings is 1. The van der Waals surface area contributed by atoms with E-state index in [0.717, 1.165) is 36.4 Å². The molecular formula is C18H24N2O2. The Morgan fingerprint density at radius 3 is 3.00 bits per heavy atom. The summed E-state index contributed by atoms with van der Waals surface area (Å²) in [6, 6.07) is 6.12. The molecule has 0 amide bonds. The molecule has 0 N–H and O–H groups in total. The maximum absolute atomic E-state index is 5.61. The first kappa shape index (κ1) is 15.1. The van der Waals surface area contributed by atoms with E-state index in [1.54, 1.807) is 7.11 Å². The Bertz CT molecular complexity index is 651. The quantitative estimate of drug-likeness (QED) is 0.866. The lowest BCUT2D eigenvalue weighted by atomic mass is 10.0. The smallest absolute Gasteiger partial charge is 0.145 e. The van der Waals surface area contributed by atoms with Crippen LogP contribution in [0.5, 0.6) is 5.75 Å². The van der Waals surface area contributed by atoms with E-state index in [4.69, 9.17) is 9.47 Å². The lowest BCUT2D eigenvalue weighted by molar-refractivity contribution is 0.0576. The molecule has 0 aliphatic carbocycles. The van der Waals surface area contributed by atoms with Crippen LogP contribution in [0.4, 0.5) is 5.69 Å². The van der Waals surface area contributed by atoms with Crippen molar-refractivity contribution in [3.05, 3.63) is 30.0 Å². The molecule has 1 unspecified atom stereocenters. The fraction of sp³-hybridized carbons (Fsp3) is 0.500. The molecule has 1 aliphatic heterocycles. The van der Waals surface area contributed by atoms with Gasteiger partial charge in [0.05, 0.1) is 19.4 Å². The molecule has 3 rings (SSSR count). The van der Waals surface area contributed by atoms with Crippen molar-refractivity contribution in [2.75, 3.05) is 38.8 Å². The van der Waals surface area contributed by atoms with E-state index < -0.39 is 0 Å². The number of hydrogen-bond donors (Lipinski definition) is 0. The van der Waals surface area contributed by atoms with Crippen LogP contribution in [0.1, 0.15) is 18.4 Å². The number of para-hydroxylation sites is 1. The molecule has 0 spiro atoms. The first-order chi connectivity index (χ1) is 10.7. The van der Waals surface area contributed by atoms with Crippen LogP contribution in [-0.2, 0) is 4.74 Å². The van der Waals surface area contributed by atoms with Gasteiger partial charge in [-0.3, -0.25) is 4.98 Å². The highest BCUT2D eigenvalue weighted by Gasteiger charge is 2.19. The van der Waals surface area contributed by atoms with E-state index in [-0.39, 0.29) is 0 Å². The Balaban J connectivity index is 1.96. The zero-order valence-corrected chi connectivity index (χ0v) is 13.6. The van der Waals surface area contributed by atoms with Crippen molar-refractivity contribution in [3.63, 3.8) is 0 Å². The van der Waals surface area contributed by atoms with Gasteiger partial charge in [0.15, 0.2) is 0 Å². The van der Waals surface area contributed by atoms with Gasteiger partial charge >= 0.3 is 0 Å². The summed E-state index contributed by atoms with van der Waals surface area (Å²) in [6.07, 6.45) is 4.35. The minimum Gasteiger partial charge on any atom is -0.494 e. The van der Waals surface area contributed by atoms with Gasteiger partial charge in [-0.1, -0.05) is 12.1 Å². The molecule has 0 saturated carbocycles. The van der Waals surface area contributed by atoms with Crippen LogP contribution in [0.2, 0.25) is 0 Å². The van der Waals surface area contributed by atoms with Gasteiger partial charge in [0.1, 0.15) is 11.3 Å². The van der Waals surface area contributed by atoms with E-state index in [0.29, 0.717) is 5.92 Å². The predicted octanol–water partition coefficient (Wildman–Crippen LogP) is 3.41. The topological polar surface area (TPSA) is 34.6 Å². The minimum atomic E-state index is 0.604. The number of aromatic nitrogens is 1. The fourth-order valence-corrected chi connectivity index (χ4v) is 3.38. The molecular weight excluding hydrogens is 276 g/mol. The molecule has 1 aliphatic rings. The fourth-order valence-electron chi connectivity index (χ4n) is 3.38. The molecule has 1 atom stereocenters. The van der Waals surface area contributed by atoms with Crippen LogP contribution >= 0.6 is 0 Å². The third-order valence-corrected chi connectivity index (χ3v) is 4.40. The Hall–Kier alpha value is -1.81. The summed E-state index contributed by atoms with van der Waals surface area (Å²) >= 11 is 0. The molecule has 0 radical (unpaired) electrons. The Morgan fingerprint density at radius 1 is 1.41 bits per heavy atom. The number of fused-ring (bicyclic) bond motifs is 1. The zero-order valence-electron chi connectivity index (χ0n) is 13.6. The molecule has 118 valence electrons. The van der Waals surface area contributed by atoms with Crippen molar-refractivity contribution in [2.24, 2.45) is 5.92 Å². The second-order valence-electron chi connectivity index (χ2n) is 6.11. The molecule has 4 nitrogen and oxygen atoms in total. The third kappa shape index (κ3) is 2.88. The van der Waals surface area contributed by atoms with E-state index >= 15 is 0 Å². The van der Waals surface area contributed by atoms with Gasteiger partial charge in [-0.05, 0) is 37.3 Å². The van der Waals surface area contributed by atoms with Gasteiger partial charge in [-0.2, -0.15) is 0 Å². The Labute approximate surface area is 132 Å². The van der Waals surface area contributed by atoms with E-state index in [2.05, 4.69) is 29.9 Å². The normalized spacial score (nSPS) is 18.4. The number of hydrogen-bond acceptors (Lipinski definition) is 4. The third-order valence-electron chi connectivity index (χ3n) is 4.40. The number of rotatable bonds is 4. The Kier molecular flexibility index (Phi) is 4.48. The number of nitrogens with zero attached hydrogens (tertiary/aromatic N) is 2. The highest BCUT2D eigenvalue weighted by molar-refractivity contribution is 5.96. The average molecular weight is 300 g/mol. The minimum absolute atomic E-state index is 0.604. The lowest BCUT2D eigenvalue weighted by Gasteiger charge is -2.30. The van der Waals surface area contributed by atoms with Gasteiger partial charge in [0.25, 0.3) is 0 Å². The van der Waals surface area contributed by atoms with E-state index in [1.807, 2.05) is 18.3 Å². The van der Waals surface area contributed by atoms with Crippen LogP contribution in [0.25, 0.3) is 10.9 Å². The molecule has 0 bridgehead atoms. The molecule has 1 fully saturated rings. The van der Waals surface area contributed by atoms with Crippen molar-refractivity contribution < 1.29 is 9.47 Å². The highest BCUT2D eigenvalue weighted by atomic mass is 16.5. The largest absolute Gasteiger partial charge is 0.494 e. The van der Waals surface area contributed by atoms with E-state index in [9.17, 15) is 0 Å². The molecule has 1 aromatic carbocycles. The number of benzene rings is 1. The molecule has 2 aromatic rings. The summed E-state index contributed by atoms with van der Waals surface area (Å²) in [5.41, 5.74) is 3.37. The van der Waals surface area contributed by atoms with Gasteiger partial charge in [0, 0.05) is 31.8 Å². The molecule has 22 heavy (non-hydrogen) atoms. The van der Waals surface area contributed by atoms with Crippen molar-refractivity contribution >= 4 is 16.6 Å². The van der Waals surface area contributed by atoms with E-state index in [1.165, 1.54) is 24.1 Å². The van der Waals surface area contributed by atoms with Crippen LogP contribution < -0.4 is 9.64 Å². The van der Waals surface area contributed by atoms with Crippen molar-refractivity contribution in [2.45, 2.75) is 19.8 Å². The molecule has 4 heteroatoms. The number of anilines is 1. The predicted molar refractivity (Wildman–Crippen MR) is 89.8 cm³/mol. The zero-order chi connectivity index (χ0) is 15.5. The Morgan fingerprint density at radius 2 is 2.27 bits per heavy atom. The van der Waals surface area contributed by atoms with Crippen LogP contribution in [0, 0.1) is 12.8 Å². The van der Waals surface area contributed by atoms with Crippen LogP contribution in [0.15, 0.2) is 24.4 Å². The van der Waals surface area contributed by atoms with Crippen LogP contribution in [0.3, 0.4) is 0 Å². The molecule has 1 aromatic heterocycles. The SMILES string of the molecule is COc1cccc2c(N(C)CC3CCCOC3)c(C)cnc12. The summed E-state index contributed by atoms with van der Waals surface area (Å²) in [7, 11) is 3.86. The summed E-state index contributed by atoms with van der Waals surface area (Å²) in [4.78, 5) is 6.91. The highest BCUT2D eigenvalue weighted by Crippen LogP contribution is 2.33. The molecule has 2 heterocycles. The first-order valence-corrected chi connectivity index (χ1v) is 7.92. The second kappa shape index (κ2) is 6.53. The standard InChI is InChI=1S/C18H24N2O2/c1-13-10-19-17-15(7-4-8-16(17)21-3)18(13)20(2)11-14-6-5-9-22-12-14/h4,7-8,10,14H,5-6,9,11-12H2,1-3H3. The number of methoxy groups -OCH3 is 1. The van der Waals surface area contributed by atoms with Gasteiger partial charge in [-0.15, -0.1) is 0 Å². The first-order valence-electron chi connectivity index (χ1n) is 7.92. The molecule has 1 saturated heterocycles. The second-order valence-corrected chi connectivity index (χ2v) is 6.11.